The van der Waals surface area contributed by atoms with Gasteiger partial charge < -0.3 is 15.0 Å². The van der Waals surface area contributed by atoms with E-state index < -0.39 is 0 Å². The molecule has 2 aromatic rings. The van der Waals surface area contributed by atoms with Gasteiger partial charge in [0.15, 0.2) is 0 Å². The number of piperazine rings is 1. The Morgan fingerprint density at radius 2 is 2.09 bits per heavy atom. The molecule has 0 aliphatic carbocycles. The quantitative estimate of drug-likeness (QED) is 0.944. The lowest BCUT2D eigenvalue weighted by molar-refractivity contribution is 0.0703. The number of benzene rings is 1. The second kappa shape index (κ2) is 6.58. The van der Waals surface area contributed by atoms with Crippen LogP contribution in [-0.2, 0) is 0 Å². The fourth-order valence-corrected chi connectivity index (χ4v) is 2.50. The van der Waals surface area contributed by atoms with Gasteiger partial charge in [-0.05, 0) is 25.1 Å². The van der Waals surface area contributed by atoms with Gasteiger partial charge in [-0.1, -0.05) is 18.2 Å². The molecule has 3 rings (SSSR count). The van der Waals surface area contributed by atoms with E-state index >= 15 is 0 Å². The van der Waals surface area contributed by atoms with E-state index in [2.05, 4.69) is 17.2 Å². The lowest BCUT2D eigenvalue weighted by atomic mass is 10.2. The minimum absolute atomic E-state index is 0.0492. The molecule has 5 heteroatoms. The summed E-state index contributed by atoms with van der Waals surface area (Å²) in [6.45, 7) is 4.29. The molecule has 2 heterocycles. The Morgan fingerprint density at radius 3 is 2.86 bits per heavy atom. The molecule has 1 N–H and O–H groups in total. The number of nitrogens with one attached hydrogen (secondary N) is 1. The summed E-state index contributed by atoms with van der Waals surface area (Å²) in [4.78, 5) is 18.5. The predicted molar refractivity (Wildman–Crippen MR) is 84.1 cm³/mol. The van der Waals surface area contributed by atoms with Crippen molar-refractivity contribution in [1.29, 1.82) is 0 Å². The normalized spacial score (nSPS) is 18.0. The number of carbonyl (C=O) groups excluding carboxylic acids is 1. The number of aromatic nitrogens is 1. The summed E-state index contributed by atoms with van der Waals surface area (Å²) < 4.78 is 5.75. The van der Waals surface area contributed by atoms with Crippen molar-refractivity contribution in [2.75, 3.05) is 19.6 Å². The molecule has 114 valence electrons. The van der Waals surface area contributed by atoms with Gasteiger partial charge in [0.2, 0.25) is 0 Å². The van der Waals surface area contributed by atoms with E-state index in [9.17, 15) is 4.79 Å². The summed E-state index contributed by atoms with van der Waals surface area (Å²) in [5.41, 5.74) is 0.419. The predicted octanol–water partition coefficient (Wildman–Crippen LogP) is 2.31. The van der Waals surface area contributed by atoms with Crippen LogP contribution in [0.3, 0.4) is 0 Å². The molecule has 1 amide bonds. The van der Waals surface area contributed by atoms with Crippen molar-refractivity contribution in [3.05, 3.63) is 54.4 Å². The molecular formula is C17H19N3O2. The molecule has 0 radical (unpaired) electrons. The first kappa shape index (κ1) is 14.5. The Kier molecular flexibility index (Phi) is 4.34. The van der Waals surface area contributed by atoms with Crippen LogP contribution in [0.1, 0.15) is 17.4 Å². The Balaban J connectivity index is 1.74. The van der Waals surface area contributed by atoms with E-state index in [1.807, 2.05) is 35.2 Å². The van der Waals surface area contributed by atoms with Crippen molar-refractivity contribution in [3.8, 4) is 11.5 Å². The minimum atomic E-state index is -0.0492. The van der Waals surface area contributed by atoms with Gasteiger partial charge in [-0.2, -0.15) is 0 Å². The van der Waals surface area contributed by atoms with Crippen LogP contribution < -0.4 is 10.1 Å². The molecule has 1 saturated heterocycles. The van der Waals surface area contributed by atoms with Crippen molar-refractivity contribution >= 4 is 5.91 Å². The summed E-state index contributed by atoms with van der Waals surface area (Å²) in [6.07, 6.45) is 1.61. The van der Waals surface area contributed by atoms with Crippen molar-refractivity contribution in [1.82, 2.24) is 15.2 Å². The molecule has 22 heavy (non-hydrogen) atoms. The smallest absolute Gasteiger partial charge is 0.272 e. The molecule has 1 aliphatic heterocycles. The highest BCUT2D eigenvalue weighted by Crippen LogP contribution is 2.21. The molecule has 1 aromatic heterocycles. The van der Waals surface area contributed by atoms with Crippen LogP contribution >= 0.6 is 0 Å². The molecule has 5 nitrogen and oxygen atoms in total. The maximum absolute atomic E-state index is 12.5. The zero-order valence-electron chi connectivity index (χ0n) is 12.5. The summed E-state index contributed by atoms with van der Waals surface area (Å²) in [6, 6.07) is 13.3. The molecule has 0 bridgehead atoms. The van der Waals surface area contributed by atoms with E-state index in [0.29, 0.717) is 30.6 Å². The monoisotopic (exact) mass is 297 g/mol. The second-order valence-corrected chi connectivity index (χ2v) is 5.40. The van der Waals surface area contributed by atoms with Gasteiger partial charge in [0.05, 0.1) is 0 Å². The first-order chi connectivity index (χ1) is 10.7. The average Bonchev–Trinajstić information content (AvgIpc) is 2.55. The number of nitrogens with zero attached hydrogens (tertiary/aromatic N) is 2. The maximum Gasteiger partial charge on any atom is 0.272 e. The van der Waals surface area contributed by atoms with Gasteiger partial charge in [0, 0.05) is 37.9 Å². The number of ether oxygens (including phenoxy) is 1. The molecule has 1 atom stereocenters. The van der Waals surface area contributed by atoms with E-state index in [-0.39, 0.29) is 5.91 Å². The number of para-hydroxylation sites is 1. The number of carbonyl (C=O) groups is 1. The minimum Gasteiger partial charge on any atom is -0.457 e. The molecule has 0 saturated carbocycles. The van der Waals surface area contributed by atoms with Crippen molar-refractivity contribution in [3.63, 3.8) is 0 Å². The number of pyridine rings is 1. The zero-order valence-corrected chi connectivity index (χ0v) is 12.5. The molecule has 0 spiro atoms. The highest BCUT2D eigenvalue weighted by atomic mass is 16.5. The SMILES string of the molecule is C[C@H]1CN(C(=O)c2cc(Oc3ccccc3)ccn2)CCN1. The molecule has 0 unspecified atom stereocenters. The molecular weight excluding hydrogens is 278 g/mol. The Bertz CT molecular complexity index is 645. The van der Waals surface area contributed by atoms with Gasteiger partial charge in [-0.3, -0.25) is 9.78 Å². The van der Waals surface area contributed by atoms with Gasteiger partial charge in [-0.15, -0.1) is 0 Å². The first-order valence-electron chi connectivity index (χ1n) is 7.44. The van der Waals surface area contributed by atoms with Gasteiger partial charge in [0.25, 0.3) is 5.91 Å². The van der Waals surface area contributed by atoms with E-state index in [4.69, 9.17) is 4.74 Å². The summed E-state index contributed by atoms with van der Waals surface area (Å²) in [7, 11) is 0. The van der Waals surface area contributed by atoms with Gasteiger partial charge >= 0.3 is 0 Å². The highest BCUT2D eigenvalue weighted by molar-refractivity contribution is 5.92. The highest BCUT2D eigenvalue weighted by Gasteiger charge is 2.22. The van der Waals surface area contributed by atoms with Crippen molar-refractivity contribution in [2.45, 2.75) is 13.0 Å². The van der Waals surface area contributed by atoms with E-state index in [1.165, 1.54) is 0 Å². The van der Waals surface area contributed by atoms with Crippen LogP contribution in [-0.4, -0.2) is 41.5 Å². The summed E-state index contributed by atoms with van der Waals surface area (Å²) in [5, 5.41) is 3.32. The first-order valence-corrected chi connectivity index (χ1v) is 7.44. The second-order valence-electron chi connectivity index (χ2n) is 5.40. The largest absolute Gasteiger partial charge is 0.457 e. The third kappa shape index (κ3) is 3.43. The third-order valence-electron chi connectivity index (χ3n) is 3.59. The fourth-order valence-electron chi connectivity index (χ4n) is 2.50. The van der Waals surface area contributed by atoms with Crippen LogP contribution in [0.15, 0.2) is 48.7 Å². The zero-order chi connectivity index (χ0) is 15.4. The topological polar surface area (TPSA) is 54.5 Å². The number of hydrogen-bond donors (Lipinski definition) is 1. The molecule has 1 fully saturated rings. The van der Waals surface area contributed by atoms with Crippen molar-refractivity contribution < 1.29 is 9.53 Å². The lowest BCUT2D eigenvalue weighted by Gasteiger charge is -2.31. The van der Waals surface area contributed by atoms with E-state index in [0.717, 1.165) is 12.3 Å². The Labute approximate surface area is 129 Å². The molecule has 1 aromatic carbocycles. The van der Waals surface area contributed by atoms with Gasteiger partial charge in [0.1, 0.15) is 17.2 Å². The fraction of sp³-hybridized carbons (Fsp3) is 0.294. The van der Waals surface area contributed by atoms with Crippen LogP contribution in [0.25, 0.3) is 0 Å². The van der Waals surface area contributed by atoms with Gasteiger partial charge in [-0.25, -0.2) is 0 Å². The van der Waals surface area contributed by atoms with E-state index in [1.54, 1.807) is 18.3 Å². The third-order valence-corrected chi connectivity index (χ3v) is 3.59. The number of amides is 1. The standard InChI is InChI=1S/C17H19N3O2/c1-13-12-20(10-9-18-13)17(21)16-11-15(7-8-19-16)22-14-5-3-2-4-6-14/h2-8,11,13,18H,9-10,12H2,1H3/t13-/m0/s1. The van der Waals surface area contributed by atoms with Crippen LogP contribution in [0.2, 0.25) is 0 Å². The average molecular weight is 297 g/mol. The summed E-state index contributed by atoms with van der Waals surface area (Å²) in [5.74, 6) is 1.31. The summed E-state index contributed by atoms with van der Waals surface area (Å²) >= 11 is 0. The number of rotatable bonds is 3. The number of hydrogen-bond acceptors (Lipinski definition) is 4. The van der Waals surface area contributed by atoms with Crippen LogP contribution in [0, 0.1) is 0 Å². The molecule has 1 aliphatic rings. The van der Waals surface area contributed by atoms with Crippen LogP contribution in [0.5, 0.6) is 11.5 Å². The Hall–Kier alpha value is -2.40. The maximum atomic E-state index is 12.5. The Morgan fingerprint density at radius 1 is 1.27 bits per heavy atom. The van der Waals surface area contributed by atoms with Crippen LogP contribution in [0.4, 0.5) is 0 Å². The lowest BCUT2D eigenvalue weighted by Crippen LogP contribution is -2.51. The van der Waals surface area contributed by atoms with Crippen molar-refractivity contribution in [2.24, 2.45) is 0 Å².